The van der Waals surface area contributed by atoms with Crippen molar-refractivity contribution in [3.63, 3.8) is 0 Å². The molecule has 140 valence electrons. The first-order valence-electron chi connectivity index (χ1n) is 8.98. The number of hydrogen-bond acceptors (Lipinski definition) is 6. The molecule has 1 aliphatic heterocycles. The Morgan fingerprint density at radius 2 is 2.15 bits per heavy atom. The molecule has 0 saturated carbocycles. The van der Waals surface area contributed by atoms with Crippen molar-refractivity contribution in [3.05, 3.63) is 36.2 Å². The summed E-state index contributed by atoms with van der Waals surface area (Å²) < 4.78 is 11.3. The minimum absolute atomic E-state index is 0.0726. The highest BCUT2D eigenvalue weighted by Crippen LogP contribution is 2.25. The lowest BCUT2D eigenvalue weighted by Gasteiger charge is -2.31. The number of carbonyl (C=O) groups excluding carboxylic acids is 1. The van der Waals surface area contributed by atoms with Crippen molar-refractivity contribution < 1.29 is 13.9 Å². The van der Waals surface area contributed by atoms with E-state index >= 15 is 0 Å². The lowest BCUT2D eigenvalue weighted by molar-refractivity contribution is -0.130. The zero-order valence-electron chi connectivity index (χ0n) is 15.5. The average molecular weight is 358 g/mol. The van der Waals surface area contributed by atoms with Gasteiger partial charge in [0, 0.05) is 18.7 Å². The van der Waals surface area contributed by atoms with Gasteiger partial charge in [0.15, 0.2) is 0 Å². The van der Waals surface area contributed by atoms with Gasteiger partial charge in [-0.3, -0.25) is 4.79 Å². The van der Waals surface area contributed by atoms with E-state index in [2.05, 4.69) is 27.5 Å². The summed E-state index contributed by atoms with van der Waals surface area (Å²) in [5.74, 6) is 0.500. The van der Waals surface area contributed by atoms with Crippen molar-refractivity contribution in [1.82, 2.24) is 20.4 Å². The van der Waals surface area contributed by atoms with Crippen LogP contribution in [0.2, 0.25) is 0 Å². The molecule has 1 N–H and O–H groups in total. The van der Waals surface area contributed by atoms with Gasteiger partial charge >= 0.3 is 0 Å². The number of likely N-dealkylation sites (N-methyl/N-ethyl adjacent to an activating group) is 1. The topological polar surface area (TPSA) is 80.5 Å². The van der Waals surface area contributed by atoms with Crippen LogP contribution in [-0.2, 0) is 16.1 Å². The summed E-state index contributed by atoms with van der Waals surface area (Å²) >= 11 is 0. The number of nitrogens with zero attached hydrogens (tertiary/aromatic N) is 3. The van der Waals surface area contributed by atoms with E-state index < -0.39 is 0 Å². The molecule has 3 atom stereocenters. The van der Waals surface area contributed by atoms with Gasteiger partial charge in [0.05, 0.1) is 18.6 Å². The number of rotatable bonds is 7. The minimum atomic E-state index is -0.262. The molecule has 3 unspecified atom stereocenters. The summed E-state index contributed by atoms with van der Waals surface area (Å²) in [6.45, 7) is 3.15. The third-order valence-electron chi connectivity index (χ3n) is 5.04. The number of benzene rings is 1. The third-order valence-corrected chi connectivity index (χ3v) is 5.04. The first-order valence-corrected chi connectivity index (χ1v) is 8.98. The highest BCUT2D eigenvalue weighted by atomic mass is 16.5. The summed E-state index contributed by atoms with van der Waals surface area (Å²) in [5, 5.41) is 10.9. The minimum Gasteiger partial charge on any atom is -0.419 e. The molecule has 1 saturated heterocycles. The first-order chi connectivity index (χ1) is 12.6. The predicted molar refractivity (Wildman–Crippen MR) is 97.2 cm³/mol. The fourth-order valence-corrected chi connectivity index (χ4v) is 3.54. The first kappa shape index (κ1) is 18.5. The Kier molecular flexibility index (Phi) is 6.00. The second-order valence-corrected chi connectivity index (χ2v) is 6.76. The molecule has 26 heavy (non-hydrogen) atoms. The van der Waals surface area contributed by atoms with Gasteiger partial charge in [0.2, 0.25) is 17.7 Å². The van der Waals surface area contributed by atoms with E-state index in [1.54, 1.807) is 7.11 Å². The molecule has 1 amide bonds. The molecular weight excluding hydrogens is 332 g/mol. The maximum atomic E-state index is 12.6. The summed E-state index contributed by atoms with van der Waals surface area (Å²) in [6, 6.07) is 9.82. The zero-order valence-corrected chi connectivity index (χ0v) is 15.5. The molecule has 3 rings (SSSR count). The number of likely N-dealkylation sites (tertiary alicyclic amines) is 1. The Morgan fingerprint density at radius 1 is 1.38 bits per heavy atom. The van der Waals surface area contributed by atoms with Crippen LogP contribution in [0.25, 0.3) is 11.5 Å². The molecule has 0 radical (unpaired) electrons. The van der Waals surface area contributed by atoms with Gasteiger partial charge in [-0.05, 0) is 38.6 Å². The van der Waals surface area contributed by atoms with Crippen LogP contribution in [0.1, 0.15) is 25.7 Å². The molecule has 1 fully saturated rings. The molecule has 1 aliphatic rings. The summed E-state index contributed by atoms with van der Waals surface area (Å²) in [6.07, 6.45) is 2.06. The van der Waals surface area contributed by atoms with Crippen LogP contribution in [-0.4, -0.2) is 53.9 Å². The molecule has 0 bridgehead atoms. The molecule has 1 aromatic carbocycles. The van der Waals surface area contributed by atoms with Crippen LogP contribution in [0.15, 0.2) is 34.7 Å². The van der Waals surface area contributed by atoms with E-state index in [0.717, 1.165) is 24.9 Å². The normalized spacial score (nSPS) is 20.0. The second kappa shape index (κ2) is 8.42. The van der Waals surface area contributed by atoms with Crippen molar-refractivity contribution in [2.45, 2.75) is 38.5 Å². The largest absolute Gasteiger partial charge is 0.419 e. The molecule has 2 heterocycles. The van der Waals surface area contributed by atoms with Crippen LogP contribution in [0.4, 0.5) is 0 Å². The lowest BCUT2D eigenvalue weighted by atomic mass is 9.95. The highest BCUT2D eigenvalue weighted by Gasteiger charge is 2.35. The van der Waals surface area contributed by atoms with Gasteiger partial charge in [-0.1, -0.05) is 25.1 Å². The number of carbonyl (C=O) groups is 1. The number of aromatic nitrogens is 2. The van der Waals surface area contributed by atoms with Crippen LogP contribution in [0.5, 0.6) is 0 Å². The number of hydrogen-bond donors (Lipinski definition) is 1. The third kappa shape index (κ3) is 4.11. The van der Waals surface area contributed by atoms with Crippen LogP contribution >= 0.6 is 0 Å². The van der Waals surface area contributed by atoms with Gasteiger partial charge < -0.3 is 19.4 Å². The lowest BCUT2D eigenvalue weighted by Crippen LogP contribution is -2.46. The van der Waals surface area contributed by atoms with Crippen molar-refractivity contribution in [3.8, 4) is 11.5 Å². The van der Waals surface area contributed by atoms with Gasteiger partial charge in [-0.2, -0.15) is 0 Å². The fraction of sp³-hybridized carbons (Fsp3) is 0.526. The van der Waals surface area contributed by atoms with E-state index in [9.17, 15) is 4.79 Å². The van der Waals surface area contributed by atoms with E-state index in [1.807, 2.05) is 37.3 Å². The highest BCUT2D eigenvalue weighted by molar-refractivity contribution is 5.78. The molecular formula is C19H26N4O3. The molecule has 7 nitrogen and oxygen atoms in total. The van der Waals surface area contributed by atoms with E-state index in [0.29, 0.717) is 11.8 Å². The Morgan fingerprint density at radius 3 is 2.81 bits per heavy atom. The van der Waals surface area contributed by atoms with Crippen LogP contribution in [0, 0.1) is 5.92 Å². The smallest absolute Gasteiger partial charge is 0.247 e. The average Bonchev–Trinajstić information content (AvgIpc) is 3.30. The van der Waals surface area contributed by atoms with Crippen LogP contribution in [0.3, 0.4) is 0 Å². The van der Waals surface area contributed by atoms with Crippen molar-refractivity contribution in [2.75, 3.05) is 20.7 Å². The molecule has 2 aromatic rings. The Balaban J connectivity index is 1.57. The maximum absolute atomic E-state index is 12.6. The summed E-state index contributed by atoms with van der Waals surface area (Å²) in [5.41, 5.74) is 0.856. The Bertz CT molecular complexity index is 719. The Labute approximate surface area is 153 Å². The van der Waals surface area contributed by atoms with Gasteiger partial charge in [0.25, 0.3) is 0 Å². The van der Waals surface area contributed by atoms with Gasteiger partial charge in [-0.15, -0.1) is 10.2 Å². The standard InChI is InChI=1S/C19H26N4O3/c1-13(17(25-3)15-10-7-11-23(15)2)18(24)20-12-16-21-22-19(26-16)14-8-5-4-6-9-14/h4-6,8-9,13,15,17H,7,10-12H2,1-3H3,(H,20,24). The maximum Gasteiger partial charge on any atom is 0.247 e. The van der Waals surface area contributed by atoms with Crippen molar-refractivity contribution in [1.29, 1.82) is 0 Å². The van der Waals surface area contributed by atoms with Crippen molar-refractivity contribution in [2.24, 2.45) is 5.92 Å². The molecule has 0 aliphatic carbocycles. The zero-order chi connectivity index (χ0) is 18.5. The summed E-state index contributed by atoms with van der Waals surface area (Å²) in [7, 11) is 3.75. The van der Waals surface area contributed by atoms with E-state index in [4.69, 9.17) is 9.15 Å². The van der Waals surface area contributed by atoms with E-state index in [1.165, 1.54) is 0 Å². The van der Waals surface area contributed by atoms with Gasteiger partial charge in [-0.25, -0.2) is 0 Å². The Hall–Kier alpha value is -2.25. The molecule has 7 heteroatoms. The summed E-state index contributed by atoms with van der Waals surface area (Å²) in [4.78, 5) is 14.8. The number of nitrogens with one attached hydrogen (secondary N) is 1. The fourth-order valence-electron chi connectivity index (χ4n) is 3.54. The monoisotopic (exact) mass is 358 g/mol. The number of amides is 1. The predicted octanol–water partition coefficient (Wildman–Crippen LogP) is 2.10. The quantitative estimate of drug-likeness (QED) is 0.816. The SMILES string of the molecule is COC(C(C)C(=O)NCc1nnc(-c2ccccc2)o1)C1CCCN1C. The van der Waals surface area contributed by atoms with E-state index in [-0.39, 0.29) is 30.5 Å². The second-order valence-electron chi connectivity index (χ2n) is 6.76. The van der Waals surface area contributed by atoms with Crippen molar-refractivity contribution >= 4 is 5.91 Å². The molecule has 0 spiro atoms. The van der Waals surface area contributed by atoms with Gasteiger partial charge in [0.1, 0.15) is 0 Å². The number of methoxy groups -OCH3 is 1. The molecule has 1 aromatic heterocycles. The van der Waals surface area contributed by atoms with Crippen LogP contribution < -0.4 is 5.32 Å². The number of ether oxygens (including phenoxy) is 1.